The van der Waals surface area contributed by atoms with Crippen LogP contribution < -0.4 is 16.8 Å². The minimum absolute atomic E-state index is 0.0434. The van der Waals surface area contributed by atoms with Crippen LogP contribution in [0.4, 0.5) is 18.9 Å². The van der Waals surface area contributed by atoms with E-state index in [0.717, 1.165) is 6.21 Å². The van der Waals surface area contributed by atoms with Gasteiger partial charge < -0.3 is 27.6 Å². The maximum Gasteiger partial charge on any atom is 0.431 e. The Balaban J connectivity index is 2.38. The lowest BCUT2D eigenvalue weighted by Crippen LogP contribution is -2.38. The van der Waals surface area contributed by atoms with Gasteiger partial charge in [0.15, 0.2) is 0 Å². The molecule has 158 valence electrons. The van der Waals surface area contributed by atoms with Crippen LogP contribution in [0.25, 0.3) is 16.5 Å². The minimum atomic E-state index is -4.83. The van der Waals surface area contributed by atoms with Gasteiger partial charge in [0.1, 0.15) is 5.70 Å². The van der Waals surface area contributed by atoms with Crippen molar-refractivity contribution in [1.82, 2.24) is 10.3 Å². The van der Waals surface area contributed by atoms with Crippen LogP contribution in [0.3, 0.4) is 0 Å². The smallest absolute Gasteiger partial charge is 0.398 e. The molecule has 3 rings (SSSR count). The third kappa shape index (κ3) is 3.72. The molecule has 1 amide bonds. The number of aryl methyl sites for hydroxylation is 1. The highest BCUT2D eigenvalue weighted by atomic mass is 19.4. The van der Waals surface area contributed by atoms with Gasteiger partial charge in [-0.15, -0.1) is 0 Å². The average Bonchev–Trinajstić information content (AvgIpc) is 2.67. The van der Waals surface area contributed by atoms with E-state index >= 15 is 0 Å². The van der Waals surface area contributed by atoms with E-state index in [0.29, 0.717) is 52.3 Å². The highest BCUT2D eigenvalue weighted by Crippen LogP contribution is 2.37. The Bertz CT molecular complexity index is 1090. The first kappa shape index (κ1) is 21.3. The van der Waals surface area contributed by atoms with Crippen molar-refractivity contribution in [3.05, 3.63) is 40.2 Å². The molecule has 0 saturated carbocycles. The molecule has 1 unspecified atom stereocenters. The van der Waals surface area contributed by atoms with Crippen LogP contribution in [0.1, 0.15) is 35.7 Å². The zero-order valence-electron chi connectivity index (χ0n) is 16.2. The number of carbonyl (C=O) groups excluding carboxylic acids is 1. The molecule has 10 heteroatoms. The van der Waals surface area contributed by atoms with E-state index in [2.05, 4.69) is 10.3 Å². The number of pyridine rings is 1. The van der Waals surface area contributed by atoms with Gasteiger partial charge in [-0.05, 0) is 42.5 Å². The molecule has 7 N–H and O–H groups in total. The number of alkyl halides is 3. The molecule has 2 aromatic rings. The second-order valence-electron chi connectivity index (χ2n) is 7.13. The largest absolute Gasteiger partial charge is 0.431 e. The number of anilines is 1. The first-order chi connectivity index (χ1) is 14.1. The van der Waals surface area contributed by atoms with Crippen molar-refractivity contribution < 1.29 is 18.0 Å². The third-order valence-corrected chi connectivity index (χ3v) is 5.18. The number of halogens is 3. The Hall–Kier alpha value is -3.43. The fourth-order valence-corrected chi connectivity index (χ4v) is 3.89. The highest BCUT2D eigenvalue weighted by molar-refractivity contribution is 6.12. The summed E-state index contributed by atoms with van der Waals surface area (Å²) in [5.41, 5.74) is 11.7. The molecule has 0 fully saturated rings. The van der Waals surface area contributed by atoms with Gasteiger partial charge >= 0.3 is 6.18 Å². The molecule has 1 atom stereocenters. The molecule has 1 aromatic heterocycles. The lowest BCUT2D eigenvalue weighted by molar-refractivity contribution is -0.119. The van der Waals surface area contributed by atoms with Crippen molar-refractivity contribution >= 4 is 40.5 Å². The number of amides is 1. The topological polar surface area (TPSA) is 142 Å². The molecular weight excluding hydrogens is 397 g/mol. The summed E-state index contributed by atoms with van der Waals surface area (Å²) in [5, 5.41) is 18.7. The van der Waals surface area contributed by atoms with Crippen molar-refractivity contribution in [2.75, 3.05) is 5.73 Å². The van der Waals surface area contributed by atoms with Crippen LogP contribution in [0, 0.1) is 10.8 Å². The lowest BCUT2D eigenvalue weighted by Gasteiger charge is -2.29. The number of nitrogen functional groups attached to an aromatic ring is 1. The number of nitrogens with one attached hydrogen (secondary N) is 3. The monoisotopic (exact) mass is 418 g/mol. The van der Waals surface area contributed by atoms with Crippen LogP contribution in [-0.4, -0.2) is 35.5 Å². The number of rotatable bonds is 4. The second kappa shape index (κ2) is 7.77. The summed E-state index contributed by atoms with van der Waals surface area (Å²) in [7, 11) is 0. The van der Waals surface area contributed by atoms with Crippen molar-refractivity contribution in [2.24, 2.45) is 5.73 Å². The van der Waals surface area contributed by atoms with Gasteiger partial charge in [-0.3, -0.25) is 4.79 Å². The summed E-state index contributed by atoms with van der Waals surface area (Å²) in [6.07, 6.45) is -1.96. The van der Waals surface area contributed by atoms with Crippen LogP contribution >= 0.6 is 0 Å². The van der Waals surface area contributed by atoms with Crippen molar-refractivity contribution in [2.45, 2.75) is 38.4 Å². The number of allylic oxidation sites excluding steroid dienone is 2. The molecule has 7 nitrogen and oxygen atoms in total. The number of benzene rings is 1. The van der Waals surface area contributed by atoms with Gasteiger partial charge in [0.2, 0.25) is 5.91 Å². The van der Waals surface area contributed by atoms with Gasteiger partial charge in [0.05, 0.1) is 11.2 Å². The lowest BCUT2D eigenvalue weighted by atomic mass is 9.82. The Kier molecular flexibility index (Phi) is 5.51. The number of aromatic nitrogens is 1. The molecule has 1 heterocycles. The predicted molar refractivity (Wildman–Crippen MR) is 110 cm³/mol. The summed E-state index contributed by atoms with van der Waals surface area (Å²) < 4.78 is 40.0. The number of hydrogen-bond donors (Lipinski definition) is 5. The second-order valence-corrected chi connectivity index (χ2v) is 7.13. The van der Waals surface area contributed by atoms with Gasteiger partial charge in [0, 0.05) is 47.6 Å². The van der Waals surface area contributed by atoms with Gasteiger partial charge in [-0.1, -0.05) is 0 Å². The van der Waals surface area contributed by atoms with E-state index in [1.165, 1.54) is 13.0 Å². The molecule has 0 aliphatic heterocycles. The Morgan fingerprint density at radius 1 is 1.30 bits per heavy atom. The van der Waals surface area contributed by atoms with Gasteiger partial charge in [-0.25, -0.2) is 4.98 Å². The van der Waals surface area contributed by atoms with E-state index in [-0.39, 0.29) is 24.1 Å². The molecule has 30 heavy (non-hydrogen) atoms. The highest BCUT2D eigenvalue weighted by Gasteiger charge is 2.36. The van der Waals surface area contributed by atoms with E-state index in [9.17, 15) is 18.0 Å². The number of nitrogens with two attached hydrogens (primary N) is 2. The predicted octanol–water partition coefficient (Wildman–Crippen LogP) is 2.69. The van der Waals surface area contributed by atoms with Crippen LogP contribution in [0.2, 0.25) is 0 Å². The van der Waals surface area contributed by atoms with Crippen molar-refractivity contribution in [3.8, 4) is 0 Å². The summed E-state index contributed by atoms with van der Waals surface area (Å²) in [6, 6.07) is 2.82. The molecule has 0 saturated heterocycles. The van der Waals surface area contributed by atoms with E-state index in [1.54, 1.807) is 6.07 Å². The van der Waals surface area contributed by atoms with E-state index < -0.39 is 17.4 Å². The Morgan fingerprint density at radius 3 is 2.57 bits per heavy atom. The summed E-state index contributed by atoms with van der Waals surface area (Å²) in [5.74, 6) is -0.249. The zero-order chi connectivity index (χ0) is 22.2. The third-order valence-electron chi connectivity index (χ3n) is 5.18. The minimum Gasteiger partial charge on any atom is -0.398 e. The zero-order valence-corrected chi connectivity index (χ0v) is 16.2. The van der Waals surface area contributed by atoms with Gasteiger partial charge in [-0.2, -0.15) is 13.2 Å². The van der Waals surface area contributed by atoms with Crippen LogP contribution in [-0.2, 0) is 17.6 Å². The van der Waals surface area contributed by atoms with E-state index in [4.69, 9.17) is 22.3 Å². The van der Waals surface area contributed by atoms with Crippen molar-refractivity contribution in [3.63, 3.8) is 0 Å². The molecule has 1 aliphatic rings. The summed E-state index contributed by atoms with van der Waals surface area (Å²) in [4.78, 5) is 15.9. The first-order valence-corrected chi connectivity index (χ1v) is 9.17. The molecule has 0 bridgehead atoms. The number of nitrogens with zero attached hydrogens (tertiary/aromatic N) is 1. The molecule has 1 aliphatic carbocycles. The summed E-state index contributed by atoms with van der Waals surface area (Å²) in [6.45, 7) is 1.37. The van der Waals surface area contributed by atoms with Gasteiger partial charge in [0.25, 0.3) is 0 Å². The number of carbonyl (C=O) groups is 1. The molecule has 0 spiro atoms. The maximum atomic E-state index is 13.3. The Labute approximate surface area is 170 Å². The Morgan fingerprint density at radius 2 is 2.00 bits per heavy atom. The molecular formula is C20H21F3N6O. The van der Waals surface area contributed by atoms with E-state index in [1.807, 2.05) is 0 Å². The standard InChI is InChI=1S/C20H21F3N6O/c1-9(30)28-10-2-3-11-12(6-10)18(14(8-25)19(27)20(21,22)23)29-16-5-4-15(26)13(7-24)17(11)16/h4-5,7-8,10,24-25H,2-3,6,26-27H2,1H3,(H,28,30). The SMILES string of the molecule is CC(=O)NC1CCc2c(c(C(C=N)=C(N)C(F)(F)F)nc3ccc(N)c(C=N)c23)C1. The average molecular weight is 418 g/mol. The maximum absolute atomic E-state index is 13.3. The number of hydrogen-bond acceptors (Lipinski definition) is 6. The fourth-order valence-electron chi connectivity index (χ4n) is 3.89. The number of fused-ring (bicyclic) bond motifs is 3. The first-order valence-electron chi connectivity index (χ1n) is 9.17. The van der Waals surface area contributed by atoms with Crippen LogP contribution in [0.15, 0.2) is 17.8 Å². The fraction of sp³-hybridized carbons (Fsp3) is 0.300. The normalized spacial score (nSPS) is 17.1. The quantitative estimate of drug-likeness (QED) is 0.384. The van der Waals surface area contributed by atoms with Crippen LogP contribution in [0.5, 0.6) is 0 Å². The summed E-state index contributed by atoms with van der Waals surface area (Å²) >= 11 is 0. The molecule has 0 radical (unpaired) electrons. The van der Waals surface area contributed by atoms with Crippen molar-refractivity contribution in [1.29, 1.82) is 10.8 Å². The molecule has 1 aromatic carbocycles.